The first-order valence-corrected chi connectivity index (χ1v) is 9.55. The van der Waals surface area contributed by atoms with Crippen LogP contribution in [0.5, 0.6) is 11.5 Å². The number of methoxy groups -OCH3 is 2. The standard InChI is InChI=1S/C20H18ClN3O3S/c1-26-16-9-8-14(11-17(16)27-2)10-15(21)19-23-24-20(28-19)18(25)22-12-13-6-4-3-5-7-13/h3-11H,12H2,1-2H3,(H,22,25)/b15-10-. The van der Waals surface area contributed by atoms with Crippen molar-refractivity contribution in [3.05, 3.63) is 69.7 Å². The Morgan fingerprint density at radius 3 is 2.50 bits per heavy atom. The number of aromatic nitrogens is 2. The minimum atomic E-state index is -0.289. The summed E-state index contributed by atoms with van der Waals surface area (Å²) in [5.41, 5.74) is 1.82. The summed E-state index contributed by atoms with van der Waals surface area (Å²) in [7, 11) is 3.14. The van der Waals surface area contributed by atoms with E-state index in [1.54, 1.807) is 32.4 Å². The number of amides is 1. The van der Waals surface area contributed by atoms with E-state index >= 15 is 0 Å². The van der Waals surface area contributed by atoms with Crippen LogP contribution in [0.4, 0.5) is 0 Å². The summed E-state index contributed by atoms with van der Waals surface area (Å²) in [6, 6.07) is 15.1. The lowest BCUT2D eigenvalue weighted by molar-refractivity contribution is 0.0950. The Morgan fingerprint density at radius 2 is 1.79 bits per heavy atom. The van der Waals surface area contributed by atoms with Crippen LogP contribution in [0.3, 0.4) is 0 Å². The number of halogens is 1. The second kappa shape index (κ2) is 9.34. The summed E-state index contributed by atoms with van der Waals surface area (Å²) in [5.74, 6) is 0.936. The fourth-order valence-corrected chi connectivity index (χ4v) is 3.36. The molecule has 6 nitrogen and oxygen atoms in total. The Balaban J connectivity index is 1.70. The molecule has 1 heterocycles. The summed E-state index contributed by atoms with van der Waals surface area (Å²) >= 11 is 7.50. The lowest BCUT2D eigenvalue weighted by Gasteiger charge is -2.07. The molecule has 144 valence electrons. The summed E-state index contributed by atoms with van der Waals surface area (Å²) in [6.07, 6.45) is 1.73. The molecule has 1 aromatic heterocycles. The van der Waals surface area contributed by atoms with Crippen LogP contribution in [0.25, 0.3) is 11.1 Å². The normalized spacial score (nSPS) is 11.2. The van der Waals surface area contributed by atoms with Crippen molar-refractivity contribution in [3.63, 3.8) is 0 Å². The molecule has 0 atom stereocenters. The van der Waals surface area contributed by atoms with Crippen LogP contribution in [-0.4, -0.2) is 30.3 Å². The summed E-state index contributed by atoms with van der Waals surface area (Å²) in [6.45, 7) is 0.420. The van der Waals surface area contributed by atoms with Crippen molar-refractivity contribution >= 4 is 40.0 Å². The number of carbonyl (C=O) groups is 1. The highest BCUT2D eigenvalue weighted by Crippen LogP contribution is 2.31. The molecular formula is C20H18ClN3O3S. The van der Waals surface area contributed by atoms with Gasteiger partial charge < -0.3 is 14.8 Å². The van der Waals surface area contributed by atoms with Gasteiger partial charge in [0.1, 0.15) is 0 Å². The SMILES string of the molecule is COc1ccc(/C=C(\Cl)c2nnc(C(=O)NCc3ccccc3)s2)cc1OC. The van der Waals surface area contributed by atoms with Gasteiger partial charge >= 0.3 is 0 Å². The fraction of sp³-hybridized carbons (Fsp3) is 0.150. The van der Waals surface area contributed by atoms with E-state index in [2.05, 4.69) is 15.5 Å². The highest BCUT2D eigenvalue weighted by molar-refractivity contribution is 7.15. The Morgan fingerprint density at radius 1 is 1.07 bits per heavy atom. The van der Waals surface area contributed by atoms with Gasteiger partial charge in [0.2, 0.25) is 5.01 Å². The topological polar surface area (TPSA) is 73.3 Å². The van der Waals surface area contributed by atoms with Gasteiger partial charge in [0.05, 0.1) is 19.3 Å². The molecule has 0 aliphatic carbocycles. The Hall–Kier alpha value is -2.90. The molecule has 28 heavy (non-hydrogen) atoms. The predicted octanol–water partition coefficient (Wildman–Crippen LogP) is 4.22. The first-order chi connectivity index (χ1) is 13.6. The van der Waals surface area contributed by atoms with E-state index in [9.17, 15) is 4.79 Å². The maximum Gasteiger partial charge on any atom is 0.282 e. The zero-order valence-electron chi connectivity index (χ0n) is 15.3. The van der Waals surface area contributed by atoms with Gasteiger partial charge in [0.25, 0.3) is 5.91 Å². The minimum Gasteiger partial charge on any atom is -0.493 e. The smallest absolute Gasteiger partial charge is 0.282 e. The molecule has 0 aliphatic heterocycles. The van der Waals surface area contributed by atoms with Crippen LogP contribution in [0.15, 0.2) is 48.5 Å². The van der Waals surface area contributed by atoms with Gasteiger partial charge in [-0.05, 0) is 29.3 Å². The molecule has 2 aromatic carbocycles. The van der Waals surface area contributed by atoms with Gasteiger partial charge in [-0.25, -0.2) is 0 Å². The quantitative estimate of drug-likeness (QED) is 0.625. The van der Waals surface area contributed by atoms with Crippen molar-refractivity contribution in [1.82, 2.24) is 15.5 Å². The highest BCUT2D eigenvalue weighted by Gasteiger charge is 2.14. The first-order valence-electron chi connectivity index (χ1n) is 8.36. The highest BCUT2D eigenvalue weighted by atomic mass is 35.5. The van der Waals surface area contributed by atoms with Crippen molar-refractivity contribution in [1.29, 1.82) is 0 Å². The number of nitrogens with one attached hydrogen (secondary N) is 1. The van der Waals surface area contributed by atoms with Crippen molar-refractivity contribution in [2.45, 2.75) is 6.54 Å². The molecule has 0 unspecified atom stereocenters. The zero-order chi connectivity index (χ0) is 19.9. The van der Waals surface area contributed by atoms with E-state index in [1.807, 2.05) is 36.4 Å². The van der Waals surface area contributed by atoms with Crippen LogP contribution in [0.2, 0.25) is 0 Å². The van der Waals surface area contributed by atoms with Gasteiger partial charge in [-0.1, -0.05) is 59.3 Å². The third-order valence-corrected chi connectivity index (χ3v) is 5.18. The van der Waals surface area contributed by atoms with Crippen molar-refractivity contribution in [2.75, 3.05) is 14.2 Å². The number of ether oxygens (including phenoxy) is 2. The molecule has 0 spiro atoms. The van der Waals surface area contributed by atoms with Crippen LogP contribution < -0.4 is 14.8 Å². The Kier molecular flexibility index (Phi) is 6.62. The molecule has 3 rings (SSSR count). The first kappa shape index (κ1) is 19.9. The van der Waals surface area contributed by atoms with E-state index in [4.69, 9.17) is 21.1 Å². The molecule has 8 heteroatoms. The number of carbonyl (C=O) groups excluding carboxylic acids is 1. The van der Waals surface area contributed by atoms with Crippen molar-refractivity contribution < 1.29 is 14.3 Å². The average Bonchev–Trinajstić information content (AvgIpc) is 3.23. The lowest BCUT2D eigenvalue weighted by Crippen LogP contribution is -2.22. The molecule has 0 bridgehead atoms. The molecule has 1 N–H and O–H groups in total. The second-order valence-corrected chi connectivity index (χ2v) is 7.07. The number of hydrogen-bond acceptors (Lipinski definition) is 6. The molecule has 3 aromatic rings. The monoisotopic (exact) mass is 415 g/mol. The van der Waals surface area contributed by atoms with Gasteiger partial charge in [-0.3, -0.25) is 4.79 Å². The van der Waals surface area contributed by atoms with Gasteiger partial charge in [-0.15, -0.1) is 10.2 Å². The van der Waals surface area contributed by atoms with Gasteiger partial charge in [-0.2, -0.15) is 0 Å². The number of nitrogens with zero attached hydrogens (tertiary/aromatic N) is 2. The van der Waals surface area contributed by atoms with Gasteiger partial charge in [0, 0.05) is 6.54 Å². The summed E-state index contributed by atoms with van der Waals surface area (Å²) < 4.78 is 10.5. The molecular weight excluding hydrogens is 398 g/mol. The average molecular weight is 416 g/mol. The lowest BCUT2D eigenvalue weighted by atomic mass is 10.2. The number of benzene rings is 2. The third-order valence-electron chi connectivity index (χ3n) is 3.82. The molecule has 0 saturated carbocycles. The maximum atomic E-state index is 12.3. The van der Waals surface area contributed by atoms with Gasteiger partial charge in [0.15, 0.2) is 16.5 Å². The molecule has 0 saturated heterocycles. The van der Waals surface area contributed by atoms with Crippen molar-refractivity contribution in [3.8, 4) is 11.5 Å². The number of hydrogen-bond donors (Lipinski definition) is 1. The molecule has 0 aliphatic rings. The predicted molar refractivity (Wildman–Crippen MR) is 111 cm³/mol. The number of rotatable bonds is 7. The van der Waals surface area contributed by atoms with Crippen LogP contribution in [0.1, 0.15) is 25.9 Å². The van der Waals surface area contributed by atoms with E-state index in [0.29, 0.717) is 28.1 Å². The van der Waals surface area contributed by atoms with E-state index in [1.165, 1.54) is 0 Å². The maximum absolute atomic E-state index is 12.3. The Bertz CT molecular complexity index is 989. The van der Waals surface area contributed by atoms with Crippen LogP contribution in [0, 0.1) is 0 Å². The third kappa shape index (κ3) is 4.88. The van der Waals surface area contributed by atoms with E-state index in [0.717, 1.165) is 22.5 Å². The Labute approximate surface area is 171 Å². The zero-order valence-corrected chi connectivity index (χ0v) is 16.9. The molecule has 1 amide bonds. The minimum absolute atomic E-state index is 0.254. The van der Waals surface area contributed by atoms with Crippen LogP contribution in [-0.2, 0) is 6.54 Å². The fourth-order valence-electron chi connectivity index (χ4n) is 2.42. The molecule has 0 fully saturated rings. The second-order valence-electron chi connectivity index (χ2n) is 5.69. The van der Waals surface area contributed by atoms with E-state index in [-0.39, 0.29) is 10.9 Å². The van der Waals surface area contributed by atoms with Crippen LogP contribution >= 0.6 is 22.9 Å². The summed E-state index contributed by atoms with van der Waals surface area (Å²) in [5, 5.41) is 11.9. The van der Waals surface area contributed by atoms with E-state index < -0.39 is 0 Å². The largest absolute Gasteiger partial charge is 0.493 e. The molecule has 0 radical (unpaired) electrons. The summed E-state index contributed by atoms with van der Waals surface area (Å²) in [4.78, 5) is 12.3. The van der Waals surface area contributed by atoms with Crippen molar-refractivity contribution in [2.24, 2.45) is 0 Å².